The van der Waals surface area contributed by atoms with Gasteiger partial charge in [-0.2, -0.15) is 0 Å². The zero-order valence-electron chi connectivity index (χ0n) is 17.8. The van der Waals surface area contributed by atoms with Crippen LogP contribution in [-0.2, 0) is 11.3 Å². The van der Waals surface area contributed by atoms with Crippen LogP contribution in [0, 0.1) is 18.7 Å². The molecular weight excluding hydrogens is 449 g/mol. The van der Waals surface area contributed by atoms with Gasteiger partial charge in [-0.15, -0.1) is 10.2 Å². The second-order valence-corrected chi connectivity index (χ2v) is 8.67. The fourth-order valence-electron chi connectivity index (χ4n) is 3.53. The van der Waals surface area contributed by atoms with Gasteiger partial charge in [-0.25, -0.2) is 4.39 Å². The lowest BCUT2D eigenvalue weighted by Gasteiger charge is -2.31. The Morgan fingerprint density at radius 3 is 2.64 bits per heavy atom. The second kappa shape index (κ2) is 9.90. The van der Waals surface area contributed by atoms with E-state index in [4.69, 9.17) is 4.42 Å². The summed E-state index contributed by atoms with van der Waals surface area (Å²) in [7, 11) is 0. The summed E-state index contributed by atoms with van der Waals surface area (Å²) in [5.74, 6) is -0.358. The van der Waals surface area contributed by atoms with Crippen molar-refractivity contribution in [2.24, 2.45) is 5.92 Å². The molecule has 172 valence electrons. The van der Waals surface area contributed by atoms with E-state index >= 15 is 0 Å². The van der Waals surface area contributed by atoms with E-state index in [1.165, 1.54) is 24.3 Å². The molecule has 0 unspecified atom stereocenters. The molecule has 2 aromatic heterocycles. The average molecular weight is 472 g/mol. The molecule has 0 aliphatic carbocycles. The molecule has 3 amide bonds. The van der Waals surface area contributed by atoms with Gasteiger partial charge in [0.05, 0.1) is 12.5 Å². The fourth-order valence-corrected chi connectivity index (χ4v) is 4.24. The predicted octanol–water partition coefficient (Wildman–Crippen LogP) is 3.00. The number of hydrogen-bond acceptors (Lipinski definition) is 7. The molecule has 1 fully saturated rings. The molecular formula is C22H22FN5O4S. The molecule has 0 spiro atoms. The monoisotopic (exact) mass is 471 g/mol. The standard InChI is InChI=1S/C22H22FN5O4S/c1-13-4-9-17(32-13)11-24-18(29)14-3-2-10-28(12-14)22(31)21-27-26-20(33-21)19(30)25-16-7-5-15(23)6-8-16/h4-9,14H,2-3,10-12H2,1H3,(H,24,29)(H,25,30)/t14-/m1/s1. The number of piperidine rings is 1. The normalized spacial score (nSPS) is 15.8. The first-order valence-corrected chi connectivity index (χ1v) is 11.2. The van der Waals surface area contributed by atoms with Crippen LogP contribution < -0.4 is 10.6 Å². The van der Waals surface area contributed by atoms with Crippen molar-refractivity contribution in [2.45, 2.75) is 26.3 Å². The van der Waals surface area contributed by atoms with E-state index in [1.807, 2.05) is 19.1 Å². The van der Waals surface area contributed by atoms with Crippen LogP contribution in [0.2, 0.25) is 0 Å². The summed E-state index contributed by atoms with van der Waals surface area (Å²) < 4.78 is 18.5. The van der Waals surface area contributed by atoms with E-state index in [2.05, 4.69) is 20.8 Å². The fraction of sp³-hybridized carbons (Fsp3) is 0.318. The van der Waals surface area contributed by atoms with Gasteiger partial charge in [0.25, 0.3) is 11.8 Å². The number of furan rings is 1. The minimum atomic E-state index is -0.540. The Bertz CT molecular complexity index is 1160. The lowest BCUT2D eigenvalue weighted by molar-refractivity contribution is -0.126. The molecule has 1 aromatic carbocycles. The van der Waals surface area contributed by atoms with Crippen molar-refractivity contribution in [1.82, 2.24) is 20.4 Å². The number of aromatic nitrogens is 2. The zero-order chi connectivity index (χ0) is 23.4. The van der Waals surface area contributed by atoms with Crippen LogP contribution >= 0.6 is 11.3 Å². The number of amides is 3. The van der Waals surface area contributed by atoms with Crippen molar-refractivity contribution in [3.63, 3.8) is 0 Å². The first-order valence-electron chi connectivity index (χ1n) is 10.4. The Balaban J connectivity index is 1.33. The van der Waals surface area contributed by atoms with E-state index in [9.17, 15) is 18.8 Å². The van der Waals surface area contributed by atoms with Gasteiger partial charge >= 0.3 is 0 Å². The molecule has 0 saturated carbocycles. The highest BCUT2D eigenvalue weighted by molar-refractivity contribution is 7.15. The predicted molar refractivity (Wildman–Crippen MR) is 118 cm³/mol. The number of nitrogens with one attached hydrogen (secondary N) is 2. The Kier molecular flexibility index (Phi) is 6.78. The topological polar surface area (TPSA) is 117 Å². The minimum Gasteiger partial charge on any atom is -0.465 e. The molecule has 33 heavy (non-hydrogen) atoms. The van der Waals surface area contributed by atoms with Crippen molar-refractivity contribution >= 4 is 34.7 Å². The Morgan fingerprint density at radius 1 is 1.15 bits per heavy atom. The van der Waals surface area contributed by atoms with Crippen molar-refractivity contribution in [2.75, 3.05) is 18.4 Å². The average Bonchev–Trinajstić information content (AvgIpc) is 3.48. The largest absolute Gasteiger partial charge is 0.465 e. The van der Waals surface area contributed by atoms with E-state index in [0.717, 1.165) is 17.1 Å². The van der Waals surface area contributed by atoms with Crippen LogP contribution in [0.15, 0.2) is 40.8 Å². The lowest BCUT2D eigenvalue weighted by Crippen LogP contribution is -2.45. The van der Waals surface area contributed by atoms with Crippen molar-refractivity contribution in [3.8, 4) is 0 Å². The van der Waals surface area contributed by atoms with Crippen molar-refractivity contribution in [1.29, 1.82) is 0 Å². The molecule has 9 nitrogen and oxygen atoms in total. The summed E-state index contributed by atoms with van der Waals surface area (Å²) in [5, 5.41) is 13.2. The molecule has 0 radical (unpaired) electrons. The van der Waals surface area contributed by atoms with Gasteiger partial charge in [0.2, 0.25) is 15.9 Å². The van der Waals surface area contributed by atoms with Gasteiger partial charge in [-0.3, -0.25) is 14.4 Å². The third-order valence-corrected chi connectivity index (χ3v) is 6.13. The molecule has 4 rings (SSSR count). The summed E-state index contributed by atoms with van der Waals surface area (Å²) >= 11 is 0.872. The molecule has 3 heterocycles. The molecule has 1 saturated heterocycles. The summed E-state index contributed by atoms with van der Waals surface area (Å²) in [6, 6.07) is 8.94. The molecule has 2 N–H and O–H groups in total. The maximum atomic E-state index is 13.0. The zero-order valence-corrected chi connectivity index (χ0v) is 18.7. The van der Waals surface area contributed by atoms with Gasteiger partial charge in [0, 0.05) is 18.8 Å². The highest BCUT2D eigenvalue weighted by Crippen LogP contribution is 2.21. The second-order valence-electron chi connectivity index (χ2n) is 7.69. The Labute approximate surface area is 193 Å². The molecule has 11 heteroatoms. The number of halogens is 1. The maximum absolute atomic E-state index is 13.0. The first kappa shape index (κ1) is 22.6. The number of anilines is 1. The van der Waals surface area contributed by atoms with Crippen LogP contribution in [0.1, 0.15) is 44.0 Å². The third kappa shape index (κ3) is 5.61. The summed E-state index contributed by atoms with van der Waals surface area (Å²) in [6.45, 7) is 2.89. The highest BCUT2D eigenvalue weighted by Gasteiger charge is 2.31. The number of aryl methyl sites for hydroxylation is 1. The first-order chi connectivity index (χ1) is 15.9. The number of carbonyl (C=O) groups excluding carboxylic acids is 3. The van der Waals surface area contributed by atoms with E-state index in [1.54, 1.807) is 4.90 Å². The van der Waals surface area contributed by atoms with Gasteiger partial charge in [-0.1, -0.05) is 11.3 Å². The van der Waals surface area contributed by atoms with Crippen LogP contribution in [0.5, 0.6) is 0 Å². The van der Waals surface area contributed by atoms with Gasteiger partial charge in [0.1, 0.15) is 17.3 Å². The Morgan fingerprint density at radius 2 is 1.91 bits per heavy atom. The number of benzene rings is 1. The van der Waals surface area contributed by atoms with Gasteiger partial charge in [-0.05, 0) is 56.2 Å². The SMILES string of the molecule is Cc1ccc(CNC(=O)[C@@H]2CCCN(C(=O)c3nnc(C(=O)Nc4ccc(F)cc4)s3)C2)o1. The summed E-state index contributed by atoms with van der Waals surface area (Å²) in [4.78, 5) is 39.4. The lowest BCUT2D eigenvalue weighted by atomic mass is 9.97. The molecule has 1 aliphatic rings. The summed E-state index contributed by atoms with van der Waals surface area (Å²) in [6.07, 6.45) is 1.36. The maximum Gasteiger partial charge on any atom is 0.286 e. The van der Waals surface area contributed by atoms with E-state index < -0.39 is 11.7 Å². The number of carbonyl (C=O) groups is 3. The van der Waals surface area contributed by atoms with Crippen molar-refractivity contribution < 1.29 is 23.2 Å². The molecule has 0 bridgehead atoms. The van der Waals surface area contributed by atoms with Crippen LogP contribution in [0.3, 0.4) is 0 Å². The minimum absolute atomic E-state index is 0.0164. The third-order valence-electron chi connectivity index (χ3n) is 5.22. The van der Waals surface area contributed by atoms with Crippen molar-refractivity contribution in [3.05, 3.63) is 63.8 Å². The number of hydrogen-bond donors (Lipinski definition) is 2. The van der Waals surface area contributed by atoms with Gasteiger partial charge in [0.15, 0.2) is 0 Å². The number of nitrogens with zero attached hydrogens (tertiary/aromatic N) is 3. The van der Waals surface area contributed by atoms with E-state index in [0.29, 0.717) is 37.4 Å². The number of likely N-dealkylation sites (tertiary alicyclic amines) is 1. The molecule has 1 atom stereocenters. The summed E-state index contributed by atoms with van der Waals surface area (Å²) in [5.41, 5.74) is 0.402. The molecule has 1 aliphatic heterocycles. The smallest absolute Gasteiger partial charge is 0.286 e. The molecule has 3 aromatic rings. The van der Waals surface area contributed by atoms with Gasteiger partial charge < -0.3 is 20.0 Å². The van der Waals surface area contributed by atoms with E-state index in [-0.39, 0.29) is 34.3 Å². The quantitative estimate of drug-likeness (QED) is 0.571. The van der Waals surface area contributed by atoms with Crippen LogP contribution in [0.4, 0.5) is 10.1 Å². The van der Waals surface area contributed by atoms with Crippen LogP contribution in [0.25, 0.3) is 0 Å². The highest BCUT2D eigenvalue weighted by atomic mass is 32.1. The van der Waals surface area contributed by atoms with Crippen LogP contribution in [-0.4, -0.2) is 45.9 Å². The number of rotatable bonds is 6. The Hall–Kier alpha value is -3.60.